The molecule has 0 aromatic heterocycles. The van der Waals surface area contributed by atoms with Gasteiger partial charge in [0.2, 0.25) is 11.8 Å². The number of carbonyl (C=O) groups excluding carboxylic acids is 3. The summed E-state index contributed by atoms with van der Waals surface area (Å²) in [6, 6.07) is 9.32. The minimum atomic E-state index is -0.463. The van der Waals surface area contributed by atoms with E-state index in [1.807, 2.05) is 30.3 Å². The fourth-order valence-corrected chi connectivity index (χ4v) is 3.85. The summed E-state index contributed by atoms with van der Waals surface area (Å²) in [4.78, 5) is 42.8. The van der Waals surface area contributed by atoms with Crippen LogP contribution in [0.5, 0.6) is 0 Å². The zero-order valence-electron chi connectivity index (χ0n) is 16.1. The fourth-order valence-electron chi connectivity index (χ4n) is 3.85. The standard InChI is InChI=1S/C20H28N4O3/c1-22(2)20(27)23-11-8-16(9-12-23)19(26)24-13-10-21-18(25)17(24)14-15-6-4-3-5-7-15/h3-7,16-17H,8-14H2,1-2H3,(H,21,25)/t17-/m1/s1. The molecule has 7 nitrogen and oxygen atoms in total. The van der Waals surface area contributed by atoms with Gasteiger partial charge in [0, 0.05) is 52.6 Å². The lowest BCUT2D eigenvalue weighted by molar-refractivity contribution is -0.147. The van der Waals surface area contributed by atoms with Crippen LogP contribution in [0.3, 0.4) is 0 Å². The van der Waals surface area contributed by atoms with Crippen molar-refractivity contribution in [2.24, 2.45) is 5.92 Å². The van der Waals surface area contributed by atoms with Gasteiger partial charge in [0.05, 0.1) is 0 Å². The molecule has 2 fully saturated rings. The number of piperazine rings is 1. The van der Waals surface area contributed by atoms with Gasteiger partial charge >= 0.3 is 6.03 Å². The molecule has 0 spiro atoms. The maximum atomic E-state index is 13.1. The van der Waals surface area contributed by atoms with E-state index in [9.17, 15) is 14.4 Å². The largest absolute Gasteiger partial charge is 0.353 e. The second-order valence-corrected chi connectivity index (χ2v) is 7.47. The Morgan fingerprint density at radius 3 is 2.41 bits per heavy atom. The van der Waals surface area contributed by atoms with Crippen molar-refractivity contribution in [1.82, 2.24) is 20.0 Å². The molecular weight excluding hydrogens is 344 g/mol. The quantitative estimate of drug-likeness (QED) is 0.859. The molecule has 146 valence electrons. The Bertz CT molecular complexity index is 684. The number of amides is 4. The molecule has 2 saturated heterocycles. The zero-order valence-corrected chi connectivity index (χ0v) is 16.1. The number of urea groups is 1. The lowest BCUT2D eigenvalue weighted by Gasteiger charge is -2.39. The van der Waals surface area contributed by atoms with E-state index >= 15 is 0 Å². The minimum Gasteiger partial charge on any atom is -0.353 e. The molecule has 0 saturated carbocycles. The highest BCUT2D eigenvalue weighted by Crippen LogP contribution is 2.23. The molecule has 0 unspecified atom stereocenters. The monoisotopic (exact) mass is 372 g/mol. The summed E-state index contributed by atoms with van der Waals surface area (Å²) >= 11 is 0. The number of carbonyl (C=O) groups is 3. The number of likely N-dealkylation sites (tertiary alicyclic amines) is 1. The topological polar surface area (TPSA) is 73.0 Å². The normalized spacial score (nSPS) is 21.0. The van der Waals surface area contributed by atoms with E-state index in [0.29, 0.717) is 45.4 Å². The third-order valence-corrected chi connectivity index (χ3v) is 5.38. The molecule has 1 N–H and O–H groups in total. The Balaban J connectivity index is 1.65. The Labute approximate surface area is 160 Å². The summed E-state index contributed by atoms with van der Waals surface area (Å²) in [7, 11) is 3.47. The molecule has 0 bridgehead atoms. The Morgan fingerprint density at radius 2 is 1.78 bits per heavy atom. The first kappa shape index (κ1) is 19.2. The van der Waals surface area contributed by atoms with Crippen molar-refractivity contribution in [2.75, 3.05) is 40.3 Å². The van der Waals surface area contributed by atoms with Crippen molar-refractivity contribution in [3.63, 3.8) is 0 Å². The van der Waals surface area contributed by atoms with Crippen molar-refractivity contribution in [3.8, 4) is 0 Å². The molecule has 0 aliphatic carbocycles. The van der Waals surface area contributed by atoms with Crippen LogP contribution in [0.15, 0.2) is 30.3 Å². The third-order valence-electron chi connectivity index (χ3n) is 5.38. The molecule has 7 heteroatoms. The number of nitrogens with zero attached hydrogens (tertiary/aromatic N) is 3. The van der Waals surface area contributed by atoms with Crippen molar-refractivity contribution in [3.05, 3.63) is 35.9 Å². The summed E-state index contributed by atoms with van der Waals surface area (Å²) in [6.07, 6.45) is 1.82. The second-order valence-electron chi connectivity index (χ2n) is 7.47. The van der Waals surface area contributed by atoms with Crippen LogP contribution in [-0.4, -0.2) is 78.9 Å². The summed E-state index contributed by atoms with van der Waals surface area (Å²) in [5, 5.41) is 2.88. The maximum Gasteiger partial charge on any atom is 0.319 e. The molecule has 2 aliphatic heterocycles. The smallest absolute Gasteiger partial charge is 0.319 e. The molecule has 3 rings (SSSR count). The molecule has 1 atom stereocenters. The number of nitrogens with one attached hydrogen (secondary N) is 1. The van der Waals surface area contributed by atoms with Crippen molar-refractivity contribution in [2.45, 2.75) is 25.3 Å². The van der Waals surface area contributed by atoms with E-state index in [4.69, 9.17) is 0 Å². The molecule has 0 radical (unpaired) electrons. The fraction of sp³-hybridized carbons (Fsp3) is 0.550. The lowest BCUT2D eigenvalue weighted by atomic mass is 9.93. The number of hydrogen-bond acceptors (Lipinski definition) is 3. The Kier molecular flexibility index (Phi) is 5.98. The van der Waals surface area contributed by atoms with Gasteiger partial charge in [-0.15, -0.1) is 0 Å². The van der Waals surface area contributed by atoms with Crippen LogP contribution in [0.25, 0.3) is 0 Å². The molecule has 27 heavy (non-hydrogen) atoms. The van der Waals surface area contributed by atoms with E-state index in [1.165, 1.54) is 0 Å². The summed E-state index contributed by atoms with van der Waals surface area (Å²) in [5.74, 6) is -0.165. The van der Waals surface area contributed by atoms with E-state index in [0.717, 1.165) is 5.56 Å². The SMILES string of the molecule is CN(C)C(=O)N1CCC(C(=O)N2CCNC(=O)[C@H]2Cc2ccccc2)CC1. The molecule has 2 heterocycles. The van der Waals surface area contributed by atoms with Gasteiger partial charge in [0.1, 0.15) is 6.04 Å². The highest BCUT2D eigenvalue weighted by atomic mass is 16.2. The summed E-state index contributed by atoms with van der Waals surface area (Å²) in [5.41, 5.74) is 1.05. The van der Waals surface area contributed by atoms with Gasteiger partial charge in [0.15, 0.2) is 0 Å². The summed E-state index contributed by atoms with van der Waals surface area (Å²) < 4.78 is 0. The lowest BCUT2D eigenvalue weighted by Crippen LogP contribution is -2.59. The van der Waals surface area contributed by atoms with Crippen molar-refractivity contribution < 1.29 is 14.4 Å². The first-order valence-electron chi connectivity index (χ1n) is 9.55. The average Bonchev–Trinajstić information content (AvgIpc) is 2.69. The predicted octanol–water partition coefficient (Wildman–Crippen LogP) is 0.950. The number of piperidine rings is 1. The van der Waals surface area contributed by atoms with E-state index in [1.54, 1.807) is 28.8 Å². The highest BCUT2D eigenvalue weighted by molar-refractivity contribution is 5.90. The number of benzene rings is 1. The molecule has 1 aromatic rings. The van der Waals surface area contributed by atoms with Gasteiger partial charge < -0.3 is 20.0 Å². The van der Waals surface area contributed by atoms with Crippen LogP contribution in [-0.2, 0) is 16.0 Å². The first-order valence-corrected chi connectivity index (χ1v) is 9.55. The van der Waals surface area contributed by atoms with E-state index in [2.05, 4.69) is 5.32 Å². The van der Waals surface area contributed by atoms with Crippen molar-refractivity contribution >= 4 is 17.8 Å². The first-order chi connectivity index (χ1) is 13.0. The molecular formula is C20H28N4O3. The van der Waals surface area contributed by atoms with Gasteiger partial charge in [-0.2, -0.15) is 0 Å². The van der Waals surface area contributed by atoms with Crippen LogP contribution in [0.2, 0.25) is 0 Å². The molecule has 4 amide bonds. The average molecular weight is 372 g/mol. The second kappa shape index (κ2) is 8.41. The van der Waals surface area contributed by atoms with Gasteiger partial charge in [-0.25, -0.2) is 4.79 Å². The van der Waals surface area contributed by atoms with Gasteiger partial charge in [-0.3, -0.25) is 9.59 Å². The number of rotatable bonds is 3. The minimum absolute atomic E-state index is 0.0137. The van der Waals surface area contributed by atoms with Gasteiger partial charge in [-0.1, -0.05) is 30.3 Å². The maximum absolute atomic E-state index is 13.1. The Hall–Kier alpha value is -2.57. The van der Waals surface area contributed by atoms with E-state index < -0.39 is 6.04 Å². The predicted molar refractivity (Wildman–Crippen MR) is 102 cm³/mol. The zero-order chi connectivity index (χ0) is 19.4. The molecule has 1 aromatic carbocycles. The van der Waals surface area contributed by atoms with Crippen LogP contribution in [0.4, 0.5) is 4.79 Å². The number of hydrogen-bond donors (Lipinski definition) is 1. The van der Waals surface area contributed by atoms with Crippen LogP contribution < -0.4 is 5.32 Å². The van der Waals surface area contributed by atoms with Crippen molar-refractivity contribution in [1.29, 1.82) is 0 Å². The summed E-state index contributed by atoms with van der Waals surface area (Å²) in [6.45, 7) is 2.19. The molecule has 2 aliphatic rings. The van der Waals surface area contributed by atoms with Gasteiger partial charge in [0.25, 0.3) is 0 Å². The van der Waals surface area contributed by atoms with Crippen LogP contribution >= 0.6 is 0 Å². The third kappa shape index (κ3) is 4.40. The van der Waals surface area contributed by atoms with Gasteiger partial charge in [-0.05, 0) is 18.4 Å². The van der Waals surface area contributed by atoms with E-state index in [-0.39, 0.29) is 23.8 Å². The Morgan fingerprint density at radius 1 is 1.11 bits per heavy atom. The van der Waals surface area contributed by atoms with Crippen LogP contribution in [0.1, 0.15) is 18.4 Å². The highest BCUT2D eigenvalue weighted by Gasteiger charge is 2.37. The van der Waals surface area contributed by atoms with Crippen LogP contribution in [0, 0.1) is 5.92 Å².